The van der Waals surface area contributed by atoms with Crippen molar-refractivity contribution in [2.24, 2.45) is 5.92 Å². The van der Waals surface area contributed by atoms with Gasteiger partial charge in [0.05, 0.1) is 6.04 Å². The van der Waals surface area contributed by atoms with Gasteiger partial charge in [0.2, 0.25) is 0 Å². The van der Waals surface area contributed by atoms with Crippen LogP contribution in [0.4, 0.5) is 5.69 Å². The standard InChI is InChI=1S/C17H24N2S/c1-13(2)17(16-10-7-11-20-16)18-15-9-6-5-8-14(15)12-19(3)4/h5-11,13,17-18H,12H2,1-4H3. The van der Waals surface area contributed by atoms with Gasteiger partial charge in [0.15, 0.2) is 0 Å². The Bertz CT molecular complexity index is 518. The molecule has 1 aromatic carbocycles. The van der Waals surface area contributed by atoms with Crippen LogP contribution in [0.15, 0.2) is 41.8 Å². The smallest absolute Gasteiger partial charge is 0.0629 e. The molecule has 1 heterocycles. The number of nitrogens with zero attached hydrogens (tertiary/aromatic N) is 1. The quantitative estimate of drug-likeness (QED) is 0.834. The number of rotatable bonds is 6. The fraction of sp³-hybridized carbons (Fsp3) is 0.412. The van der Waals surface area contributed by atoms with Crippen molar-refractivity contribution >= 4 is 17.0 Å². The Morgan fingerprint density at radius 1 is 1.10 bits per heavy atom. The summed E-state index contributed by atoms with van der Waals surface area (Å²) in [5.41, 5.74) is 2.59. The van der Waals surface area contributed by atoms with Crippen LogP contribution in [0, 0.1) is 5.92 Å². The molecule has 2 rings (SSSR count). The van der Waals surface area contributed by atoms with Crippen molar-refractivity contribution in [2.75, 3.05) is 19.4 Å². The highest BCUT2D eigenvalue weighted by Crippen LogP contribution is 2.31. The largest absolute Gasteiger partial charge is 0.377 e. The molecule has 0 radical (unpaired) electrons. The first-order valence-electron chi connectivity index (χ1n) is 7.10. The summed E-state index contributed by atoms with van der Waals surface area (Å²) in [7, 11) is 4.21. The van der Waals surface area contributed by atoms with Crippen molar-refractivity contribution in [1.82, 2.24) is 4.90 Å². The van der Waals surface area contributed by atoms with E-state index in [1.807, 2.05) is 11.3 Å². The molecule has 0 aliphatic heterocycles. The number of para-hydroxylation sites is 1. The van der Waals surface area contributed by atoms with Gasteiger partial charge in [-0.3, -0.25) is 0 Å². The van der Waals surface area contributed by atoms with E-state index in [1.165, 1.54) is 16.1 Å². The molecule has 1 N–H and O–H groups in total. The molecule has 108 valence electrons. The molecule has 3 heteroatoms. The van der Waals surface area contributed by atoms with Gasteiger partial charge >= 0.3 is 0 Å². The molecule has 1 atom stereocenters. The van der Waals surface area contributed by atoms with E-state index in [2.05, 4.69) is 79.9 Å². The molecule has 0 saturated heterocycles. The molecule has 0 aliphatic rings. The lowest BCUT2D eigenvalue weighted by molar-refractivity contribution is 0.402. The molecule has 0 aliphatic carbocycles. The average Bonchev–Trinajstić information content (AvgIpc) is 2.90. The third-order valence-electron chi connectivity index (χ3n) is 3.33. The van der Waals surface area contributed by atoms with Gasteiger partial charge in [-0.1, -0.05) is 38.1 Å². The average molecular weight is 288 g/mol. The van der Waals surface area contributed by atoms with Crippen LogP contribution >= 0.6 is 11.3 Å². The first kappa shape index (κ1) is 15.1. The van der Waals surface area contributed by atoms with Crippen molar-refractivity contribution in [3.05, 3.63) is 52.2 Å². The topological polar surface area (TPSA) is 15.3 Å². The van der Waals surface area contributed by atoms with Gasteiger partial charge in [0, 0.05) is 17.1 Å². The predicted octanol–water partition coefficient (Wildman–Crippen LogP) is 4.62. The van der Waals surface area contributed by atoms with Crippen molar-refractivity contribution in [1.29, 1.82) is 0 Å². The number of anilines is 1. The van der Waals surface area contributed by atoms with Crippen molar-refractivity contribution in [3.63, 3.8) is 0 Å². The van der Waals surface area contributed by atoms with Crippen molar-refractivity contribution < 1.29 is 0 Å². The van der Waals surface area contributed by atoms with Gasteiger partial charge < -0.3 is 10.2 Å². The molecule has 20 heavy (non-hydrogen) atoms. The zero-order valence-electron chi connectivity index (χ0n) is 12.8. The number of thiophene rings is 1. The molecular weight excluding hydrogens is 264 g/mol. The maximum absolute atomic E-state index is 3.74. The Labute approximate surface area is 126 Å². The number of nitrogens with one attached hydrogen (secondary N) is 1. The summed E-state index contributed by atoms with van der Waals surface area (Å²) in [5.74, 6) is 0.557. The van der Waals surface area contributed by atoms with Gasteiger partial charge in [0.25, 0.3) is 0 Å². The van der Waals surface area contributed by atoms with Crippen molar-refractivity contribution in [2.45, 2.75) is 26.4 Å². The highest BCUT2D eigenvalue weighted by atomic mass is 32.1. The zero-order valence-corrected chi connectivity index (χ0v) is 13.6. The van der Waals surface area contributed by atoms with Crippen LogP contribution in [-0.2, 0) is 6.54 Å². The van der Waals surface area contributed by atoms with Crippen molar-refractivity contribution in [3.8, 4) is 0 Å². The fourth-order valence-electron chi connectivity index (χ4n) is 2.34. The first-order valence-corrected chi connectivity index (χ1v) is 7.98. The molecule has 2 aromatic rings. The van der Waals surface area contributed by atoms with Crippen LogP contribution in [0.3, 0.4) is 0 Å². The maximum atomic E-state index is 3.74. The second kappa shape index (κ2) is 6.91. The van der Waals surface area contributed by atoms with E-state index >= 15 is 0 Å². The third-order valence-corrected chi connectivity index (χ3v) is 4.29. The lowest BCUT2D eigenvalue weighted by Crippen LogP contribution is -2.18. The minimum Gasteiger partial charge on any atom is -0.377 e. The SMILES string of the molecule is CC(C)C(Nc1ccccc1CN(C)C)c1cccs1. The zero-order chi connectivity index (χ0) is 14.5. The summed E-state index contributed by atoms with van der Waals surface area (Å²) >= 11 is 1.83. The van der Waals surface area contributed by atoms with E-state index in [1.54, 1.807) is 0 Å². The summed E-state index contributed by atoms with van der Waals surface area (Å²) in [6, 6.07) is 13.3. The Kier molecular flexibility index (Phi) is 5.21. The van der Waals surface area contributed by atoms with Gasteiger partial charge in [-0.2, -0.15) is 0 Å². The minimum atomic E-state index is 0.373. The third kappa shape index (κ3) is 3.84. The minimum absolute atomic E-state index is 0.373. The van der Waals surface area contributed by atoms with Crippen LogP contribution in [0.2, 0.25) is 0 Å². The predicted molar refractivity (Wildman–Crippen MR) is 89.4 cm³/mol. The summed E-state index contributed by atoms with van der Waals surface area (Å²) in [6.07, 6.45) is 0. The molecule has 0 saturated carbocycles. The van der Waals surface area contributed by atoms with Gasteiger partial charge in [-0.15, -0.1) is 11.3 Å². The Morgan fingerprint density at radius 3 is 2.45 bits per heavy atom. The van der Waals surface area contributed by atoms with Gasteiger partial charge in [-0.05, 0) is 43.1 Å². The first-order chi connectivity index (χ1) is 9.58. The van der Waals surface area contributed by atoms with E-state index < -0.39 is 0 Å². The Balaban J connectivity index is 2.23. The number of hydrogen-bond acceptors (Lipinski definition) is 3. The second-order valence-electron chi connectivity index (χ2n) is 5.78. The van der Waals surface area contributed by atoms with E-state index in [4.69, 9.17) is 0 Å². The highest BCUT2D eigenvalue weighted by Gasteiger charge is 2.17. The second-order valence-corrected chi connectivity index (χ2v) is 6.76. The van der Waals surface area contributed by atoms with Crippen LogP contribution in [0.5, 0.6) is 0 Å². The fourth-order valence-corrected chi connectivity index (χ4v) is 3.29. The molecule has 0 fully saturated rings. The summed E-state index contributed by atoms with van der Waals surface area (Å²) in [6.45, 7) is 5.50. The van der Waals surface area contributed by atoms with Crippen LogP contribution < -0.4 is 5.32 Å². The summed E-state index contributed by atoms with van der Waals surface area (Å²) in [5, 5.41) is 5.89. The van der Waals surface area contributed by atoms with E-state index in [0.717, 1.165) is 6.54 Å². The molecule has 1 aromatic heterocycles. The van der Waals surface area contributed by atoms with E-state index in [-0.39, 0.29) is 0 Å². The maximum Gasteiger partial charge on any atom is 0.0629 e. The molecule has 1 unspecified atom stereocenters. The van der Waals surface area contributed by atoms with Crippen LogP contribution in [-0.4, -0.2) is 19.0 Å². The monoisotopic (exact) mass is 288 g/mol. The molecular formula is C17H24N2S. The Hall–Kier alpha value is -1.32. The summed E-state index contributed by atoms with van der Waals surface area (Å²) < 4.78 is 0. The molecule has 0 amide bonds. The molecule has 0 bridgehead atoms. The number of hydrogen-bond donors (Lipinski definition) is 1. The van der Waals surface area contributed by atoms with Gasteiger partial charge in [-0.25, -0.2) is 0 Å². The Morgan fingerprint density at radius 2 is 1.85 bits per heavy atom. The van der Waals surface area contributed by atoms with E-state index in [0.29, 0.717) is 12.0 Å². The molecule has 0 spiro atoms. The number of benzene rings is 1. The van der Waals surface area contributed by atoms with E-state index in [9.17, 15) is 0 Å². The normalized spacial score (nSPS) is 12.9. The summed E-state index contributed by atoms with van der Waals surface area (Å²) in [4.78, 5) is 3.61. The lowest BCUT2D eigenvalue weighted by Gasteiger charge is -2.25. The van der Waals surface area contributed by atoms with Crippen LogP contribution in [0.1, 0.15) is 30.3 Å². The van der Waals surface area contributed by atoms with Gasteiger partial charge in [0.1, 0.15) is 0 Å². The van der Waals surface area contributed by atoms with Crippen LogP contribution in [0.25, 0.3) is 0 Å². The molecule has 2 nitrogen and oxygen atoms in total. The highest BCUT2D eigenvalue weighted by molar-refractivity contribution is 7.10. The lowest BCUT2D eigenvalue weighted by atomic mass is 10.0.